The summed E-state index contributed by atoms with van der Waals surface area (Å²) in [5, 5.41) is 2.96. The van der Waals surface area contributed by atoms with Gasteiger partial charge in [-0.2, -0.15) is 0 Å². The second-order valence-corrected chi connectivity index (χ2v) is 5.65. The van der Waals surface area contributed by atoms with E-state index in [2.05, 4.69) is 16.9 Å². The molecule has 7 heteroatoms. The van der Waals surface area contributed by atoms with Crippen LogP contribution in [0.3, 0.4) is 0 Å². The number of nitrogens with one attached hydrogen (secondary N) is 1. The van der Waals surface area contributed by atoms with Gasteiger partial charge in [0, 0.05) is 19.6 Å². The lowest BCUT2D eigenvalue weighted by atomic mass is 10.2. The molecule has 0 unspecified atom stereocenters. The number of guanidine groups is 1. The number of aliphatic imine (C=N–C) groups is 1. The molecule has 0 aromatic rings. The Morgan fingerprint density at radius 2 is 2.00 bits per heavy atom. The van der Waals surface area contributed by atoms with Crippen LogP contribution in [0, 0.1) is 0 Å². The maximum Gasteiger partial charge on any atom is 0.410 e. The van der Waals surface area contributed by atoms with Gasteiger partial charge in [0.15, 0.2) is 5.96 Å². The van der Waals surface area contributed by atoms with Crippen molar-refractivity contribution >= 4 is 36.0 Å². The van der Waals surface area contributed by atoms with Crippen LogP contribution in [0.25, 0.3) is 0 Å². The van der Waals surface area contributed by atoms with Gasteiger partial charge in [-0.05, 0) is 34.6 Å². The van der Waals surface area contributed by atoms with Crippen molar-refractivity contribution in [3.8, 4) is 0 Å². The number of nitrogens with zero attached hydrogens (tertiary/aromatic N) is 2. The van der Waals surface area contributed by atoms with Crippen molar-refractivity contribution in [1.82, 2.24) is 10.2 Å². The summed E-state index contributed by atoms with van der Waals surface area (Å²) in [7, 11) is 0. The fourth-order valence-corrected chi connectivity index (χ4v) is 1.30. The van der Waals surface area contributed by atoms with Crippen molar-refractivity contribution in [3.63, 3.8) is 0 Å². The molecule has 0 saturated carbocycles. The standard InChI is InChI=1S/C14H28N4O2.HI/c1-7-18(13(19)20-14(4,5)6)9-8-16-12(15)17-10-11(2)3;/h2,7-10H2,1,3-6H3,(H3,15,16,17);1H. The van der Waals surface area contributed by atoms with Crippen LogP contribution in [0.4, 0.5) is 4.79 Å². The van der Waals surface area contributed by atoms with Crippen LogP contribution in [0.5, 0.6) is 0 Å². The van der Waals surface area contributed by atoms with Gasteiger partial charge < -0.3 is 20.7 Å². The summed E-state index contributed by atoms with van der Waals surface area (Å²) in [6.45, 7) is 15.2. The van der Waals surface area contributed by atoms with Gasteiger partial charge in [-0.25, -0.2) is 9.79 Å². The molecule has 0 atom stereocenters. The van der Waals surface area contributed by atoms with Gasteiger partial charge in [-0.15, -0.1) is 24.0 Å². The molecule has 0 rings (SSSR count). The van der Waals surface area contributed by atoms with E-state index in [0.29, 0.717) is 32.1 Å². The Morgan fingerprint density at radius 3 is 2.43 bits per heavy atom. The van der Waals surface area contributed by atoms with Crippen LogP contribution in [-0.2, 0) is 4.74 Å². The molecular weight excluding hydrogens is 383 g/mol. The van der Waals surface area contributed by atoms with E-state index in [1.165, 1.54) is 0 Å². The van der Waals surface area contributed by atoms with Gasteiger partial charge >= 0.3 is 6.09 Å². The molecule has 0 fully saturated rings. The van der Waals surface area contributed by atoms with Crippen LogP contribution >= 0.6 is 24.0 Å². The zero-order chi connectivity index (χ0) is 15.8. The number of hydrogen-bond donors (Lipinski definition) is 2. The second kappa shape index (κ2) is 10.7. The quantitative estimate of drug-likeness (QED) is 0.304. The van der Waals surface area contributed by atoms with Crippen molar-refractivity contribution in [2.45, 2.75) is 40.2 Å². The van der Waals surface area contributed by atoms with E-state index in [-0.39, 0.29) is 30.1 Å². The Bertz CT molecular complexity index is 364. The first-order valence-electron chi connectivity index (χ1n) is 6.81. The van der Waals surface area contributed by atoms with E-state index < -0.39 is 5.60 Å². The minimum Gasteiger partial charge on any atom is -0.444 e. The first-order valence-corrected chi connectivity index (χ1v) is 6.81. The molecule has 0 radical (unpaired) electrons. The van der Waals surface area contributed by atoms with Gasteiger partial charge in [0.25, 0.3) is 0 Å². The lowest BCUT2D eigenvalue weighted by Gasteiger charge is -2.26. The largest absolute Gasteiger partial charge is 0.444 e. The Morgan fingerprint density at radius 1 is 1.43 bits per heavy atom. The van der Waals surface area contributed by atoms with Gasteiger partial charge in [-0.3, -0.25) is 0 Å². The van der Waals surface area contributed by atoms with Crippen LogP contribution in [0.15, 0.2) is 17.1 Å². The van der Waals surface area contributed by atoms with Crippen LogP contribution in [0.2, 0.25) is 0 Å². The number of carbonyl (C=O) groups is 1. The average Bonchev–Trinajstić information content (AvgIpc) is 2.29. The van der Waals surface area contributed by atoms with Gasteiger partial charge in [0.05, 0.1) is 6.54 Å². The summed E-state index contributed by atoms with van der Waals surface area (Å²) < 4.78 is 5.31. The number of nitrogens with two attached hydrogens (primary N) is 1. The summed E-state index contributed by atoms with van der Waals surface area (Å²) in [5.74, 6) is 0.355. The first-order chi connectivity index (χ1) is 9.15. The Labute approximate surface area is 145 Å². The fraction of sp³-hybridized carbons (Fsp3) is 0.714. The monoisotopic (exact) mass is 412 g/mol. The SMILES string of the molecule is C=C(C)CN=C(N)NCCN(CC)C(=O)OC(C)(C)C.I. The third kappa shape index (κ3) is 12.5. The van der Waals surface area contributed by atoms with E-state index in [0.717, 1.165) is 5.57 Å². The van der Waals surface area contributed by atoms with Gasteiger partial charge in [0.1, 0.15) is 5.60 Å². The molecule has 0 heterocycles. The number of ether oxygens (including phenoxy) is 1. The van der Waals surface area contributed by atoms with E-state index in [9.17, 15) is 4.79 Å². The molecule has 0 aliphatic carbocycles. The highest BCUT2D eigenvalue weighted by molar-refractivity contribution is 14.0. The predicted molar refractivity (Wildman–Crippen MR) is 98.2 cm³/mol. The Kier molecular flexibility index (Phi) is 11.4. The molecule has 0 bridgehead atoms. The van der Waals surface area contributed by atoms with Crippen molar-refractivity contribution in [1.29, 1.82) is 0 Å². The highest BCUT2D eigenvalue weighted by Gasteiger charge is 2.20. The molecule has 0 aliphatic heterocycles. The molecule has 124 valence electrons. The predicted octanol–water partition coefficient (Wildman–Crippen LogP) is 2.34. The topological polar surface area (TPSA) is 80.0 Å². The molecule has 0 spiro atoms. The lowest BCUT2D eigenvalue weighted by Crippen LogP contribution is -2.42. The maximum absolute atomic E-state index is 11.9. The van der Waals surface area contributed by atoms with Crippen molar-refractivity contribution in [2.75, 3.05) is 26.2 Å². The van der Waals surface area contributed by atoms with Gasteiger partial charge in [0.2, 0.25) is 0 Å². The molecule has 0 aromatic heterocycles. The summed E-state index contributed by atoms with van der Waals surface area (Å²) in [6.07, 6.45) is -0.320. The molecule has 0 aromatic carbocycles. The zero-order valence-corrected chi connectivity index (χ0v) is 16.1. The average molecular weight is 412 g/mol. The molecular formula is C14H29IN4O2. The smallest absolute Gasteiger partial charge is 0.410 e. The lowest BCUT2D eigenvalue weighted by molar-refractivity contribution is 0.0264. The van der Waals surface area contributed by atoms with Crippen LogP contribution in [-0.4, -0.2) is 48.7 Å². The van der Waals surface area contributed by atoms with E-state index in [1.54, 1.807) is 4.90 Å². The number of rotatable bonds is 6. The Balaban J connectivity index is 0. The molecule has 1 amide bonds. The van der Waals surface area contributed by atoms with E-state index >= 15 is 0 Å². The third-order valence-corrected chi connectivity index (χ3v) is 2.24. The number of likely N-dealkylation sites (N-methyl/N-ethyl adjacent to an activating group) is 1. The maximum atomic E-state index is 11.9. The Hall–Kier alpha value is -0.990. The number of amides is 1. The minimum atomic E-state index is -0.486. The minimum absolute atomic E-state index is 0. The molecule has 6 nitrogen and oxygen atoms in total. The van der Waals surface area contributed by atoms with Crippen LogP contribution < -0.4 is 11.1 Å². The van der Waals surface area contributed by atoms with E-state index in [4.69, 9.17) is 10.5 Å². The summed E-state index contributed by atoms with van der Waals surface area (Å²) in [6, 6.07) is 0. The molecule has 0 saturated heterocycles. The summed E-state index contributed by atoms with van der Waals surface area (Å²) in [4.78, 5) is 17.6. The number of hydrogen-bond acceptors (Lipinski definition) is 3. The van der Waals surface area contributed by atoms with E-state index in [1.807, 2.05) is 34.6 Å². The number of carbonyl (C=O) groups excluding carboxylic acids is 1. The third-order valence-electron chi connectivity index (χ3n) is 2.24. The van der Waals surface area contributed by atoms with Crippen LogP contribution in [0.1, 0.15) is 34.6 Å². The summed E-state index contributed by atoms with van der Waals surface area (Å²) >= 11 is 0. The zero-order valence-electron chi connectivity index (χ0n) is 13.7. The molecule has 21 heavy (non-hydrogen) atoms. The first kappa shape index (κ1) is 22.3. The number of halogens is 1. The summed E-state index contributed by atoms with van der Waals surface area (Å²) in [5.41, 5.74) is 6.15. The second-order valence-electron chi connectivity index (χ2n) is 5.65. The normalized spacial score (nSPS) is 11.4. The van der Waals surface area contributed by atoms with Crippen molar-refractivity contribution in [2.24, 2.45) is 10.7 Å². The molecule has 3 N–H and O–H groups in total. The van der Waals surface area contributed by atoms with Crippen molar-refractivity contribution < 1.29 is 9.53 Å². The highest BCUT2D eigenvalue weighted by Crippen LogP contribution is 2.09. The highest BCUT2D eigenvalue weighted by atomic mass is 127. The van der Waals surface area contributed by atoms with Crippen molar-refractivity contribution in [3.05, 3.63) is 12.2 Å². The van der Waals surface area contributed by atoms with Gasteiger partial charge in [-0.1, -0.05) is 12.2 Å². The fourth-order valence-electron chi connectivity index (χ4n) is 1.30. The molecule has 0 aliphatic rings.